The number of anilines is 1. The fourth-order valence-corrected chi connectivity index (χ4v) is 6.38. The van der Waals surface area contributed by atoms with Gasteiger partial charge in [0.1, 0.15) is 0 Å². The zero-order chi connectivity index (χ0) is 18.0. The first-order chi connectivity index (χ1) is 11.9. The number of nitrogens with one attached hydrogen (secondary N) is 1. The highest BCUT2D eigenvalue weighted by Gasteiger charge is 2.36. The maximum Gasteiger partial charge on any atom is 0.323 e. The van der Waals surface area contributed by atoms with Crippen molar-refractivity contribution in [2.75, 3.05) is 31.5 Å². The number of hydrogen-bond donors (Lipinski definition) is 1. The number of likely N-dealkylation sites (tertiary alicyclic amines) is 1. The Morgan fingerprint density at radius 2 is 1.88 bits per heavy atom. The minimum absolute atomic E-state index is 0.187. The molecule has 25 heavy (non-hydrogen) atoms. The molecule has 0 aliphatic carbocycles. The molecule has 0 radical (unpaired) electrons. The van der Waals surface area contributed by atoms with Crippen molar-refractivity contribution in [2.45, 2.75) is 51.2 Å². The lowest BCUT2D eigenvalue weighted by molar-refractivity contribution is 0.199. The highest BCUT2D eigenvalue weighted by molar-refractivity contribution is 7.89. The molecule has 0 aromatic carbocycles. The van der Waals surface area contributed by atoms with Crippen LogP contribution >= 0.6 is 11.3 Å². The second-order valence-corrected chi connectivity index (χ2v) is 10.1. The molecular formula is C16H26N4O3S2. The molecule has 0 saturated carbocycles. The van der Waals surface area contributed by atoms with Crippen LogP contribution in [0.5, 0.6) is 0 Å². The minimum atomic E-state index is -3.21. The molecule has 9 heteroatoms. The lowest BCUT2D eigenvalue weighted by Crippen LogP contribution is -2.47. The maximum absolute atomic E-state index is 12.6. The Balaban J connectivity index is 1.55. The molecule has 2 fully saturated rings. The molecule has 2 aliphatic rings. The summed E-state index contributed by atoms with van der Waals surface area (Å²) in [5, 5.41) is 3.11. The Morgan fingerprint density at radius 1 is 1.24 bits per heavy atom. The molecule has 3 heterocycles. The van der Waals surface area contributed by atoms with Gasteiger partial charge in [-0.05, 0) is 39.0 Å². The van der Waals surface area contributed by atoms with Gasteiger partial charge in [0.25, 0.3) is 0 Å². The monoisotopic (exact) mass is 386 g/mol. The number of hydrogen-bond acceptors (Lipinski definition) is 5. The van der Waals surface area contributed by atoms with Crippen LogP contribution in [-0.2, 0) is 16.4 Å². The summed E-state index contributed by atoms with van der Waals surface area (Å²) >= 11 is 1.48. The van der Waals surface area contributed by atoms with Gasteiger partial charge >= 0.3 is 6.03 Å². The van der Waals surface area contributed by atoms with Gasteiger partial charge in [-0.25, -0.2) is 22.5 Å². The Kier molecular flexibility index (Phi) is 5.65. The topological polar surface area (TPSA) is 82.6 Å². The van der Waals surface area contributed by atoms with Crippen molar-refractivity contribution in [1.29, 1.82) is 0 Å². The summed E-state index contributed by atoms with van der Waals surface area (Å²) in [5.74, 6) is 0. The SMILES string of the molecule is CCc1nc(NC(=O)N2CCC(S(=O)(=O)N3CCCC3)CC2)sc1C. The smallest absolute Gasteiger partial charge is 0.323 e. The fraction of sp³-hybridized carbons (Fsp3) is 0.750. The molecule has 1 aromatic heterocycles. The molecule has 7 nitrogen and oxygen atoms in total. The van der Waals surface area contributed by atoms with E-state index in [0.717, 1.165) is 29.8 Å². The quantitative estimate of drug-likeness (QED) is 0.861. The fourth-order valence-electron chi connectivity index (χ4n) is 3.49. The normalized spacial score (nSPS) is 20.2. The molecule has 0 unspecified atom stereocenters. The Hall–Kier alpha value is -1.19. The van der Waals surface area contributed by atoms with Crippen molar-refractivity contribution in [1.82, 2.24) is 14.2 Å². The molecule has 0 spiro atoms. The maximum atomic E-state index is 12.6. The second kappa shape index (κ2) is 7.59. The van der Waals surface area contributed by atoms with Crippen LogP contribution in [0.15, 0.2) is 0 Å². The Bertz CT molecular complexity index is 718. The summed E-state index contributed by atoms with van der Waals surface area (Å²) in [6.07, 6.45) is 3.76. The van der Waals surface area contributed by atoms with E-state index in [1.54, 1.807) is 9.21 Å². The molecule has 0 bridgehead atoms. The number of carbonyl (C=O) groups is 1. The number of nitrogens with zero attached hydrogens (tertiary/aromatic N) is 3. The highest BCUT2D eigenvalue weighted by Crippen LogP contribution is 2.26. The van der Waals surface area contributed by atoms with Gasteiger partial charge in [0.05, 0.1) is 10.9 Å². The first-order valence-electron chi connectivity index (χ1n) is 8.93. The van der Waals surface area contributed by atoms with Gasteiger partial charge < -0.3 is 4.90 Å². The summed E-state index contributed by atoms with van der Waals surface area (Å²) < 4.78 is 26.9. The number of aromatic nitrogens is 1. The van der Waals surface area contributed by atoms with Crippen molar-refractivity contribution < 1.29 is 13.2 Å². The third-order valence-corrected chi connectivity index (χ3v) is 8.34. The van der Waals surface area contributed by atoms with Gasteiger partial charge in [-0.15, -0.1) is 11.3 Å². The number of thiazole rings is 1. The molecule has 0 atom stereocenters. The molecule has 2 aliphatic heterocycles. The summed E-state index contributed by atoms with van der Waals surface area (Å²) in [6, 6.07) is -0.187. The zero-order valence-corrected chi connectivity index (χ0v) is 16.5. The molecule has 3 rings (SSSR count). The van der Waals surface area contributed by atoms with Crippen LogP contribution in [0.3, 0.4) is 0 Å². The van der Waals surface area contributed by atoms with Crippen molar-refractivity contribution >= 4 is 32.5 Å². The lowest BCUT2D eigenvalue weighted by atomic mass is 10.1. The molecular weight excluding hydrogens is 360 g/mol. The first-order valence-corrected chi connectivity index (χ1v) is 11.2. The predicted octanol–water partition coefficient (Wildman–Crippen LogP) is 2.44. The van der Waals surface area contributed by atoms with E-state index in [0.29, 0.717) is 44.2 Å². The number of aryl methyl sites for hydroxylation is 2. The summed E-state index contributed by atoms with van der Waals surface area (Å²) in [7, 11) is -3.21. The van der Waals surface area contributed by atoms with Crippen LogP contribution in [0.2, 0.25) is 0 Å². The highest BCUT2D eigenvalue weighted by atomic mass is 32.2. The van der Waals surface area contributed by atoms with Gasteiger partial charge in [0, 0.05) is 31.1 Å². The number of rotatable bonds is 4. The largest absolute Gasteiger partial charge is 0.324 e. The van der Waals surface area contributed by atoms with E-state index in [4.69, 9.17) is 0 Å². The summed E-state index contributed by atoms with van der Waals surface area (Å²) in [4.78, 5) is 19.6. The van der Waals surface area contributed by atoms with Crippen LogP contribution in [0.4, 0.5) is 9.93 Å². The van der Waals surface area contributed by atoms with E-state index in [9.17, 15) is 13.2 Å². The van der Waals surface area contributed by atoms with Gasteiger partial charge in [-0.1, -0.05) is 6.92 Å². The third kappa shape index (κ3) is 3.98. The predicted molar refractivity (Wildman–Crippen MR) is 99.6 cm³/mol. The summed E-state index contributed by atoms with van der Waals surface area (Å²) in [6.45, 7) is 6.27. The number of urea groups is 1. The zero-order valence-electron chi connectivity index (χ0n) is 14.8. The van der Waals surface area contributed by atoms with Crippen LogP contribution < -0.4 is 5.32 Å². The first kappa shape index (κ1) is 18.6. The van der Waals surface area contributed by atoms with E-state index in [-0.39, 0.29) is 11.3 Å². The Morgan fingerprint density at radius 3 is 2.44 bits per heavy atom. The van der Waals surface area contributed by atoms with Gasteiger partial charge in [0.15, 0.2) is 5.13 Å². The van der Waals surface area contributed by atoms with Gasteiger partial charge in [-0.3, -0.25) is 5.32 Å². The van der Waals surface area contributed by atoms with Crippen molar-refractivity contribution in [3.63, 3.8) is 0 Å². The van der Waals surface area contributed by atoms with E-state index in [1.165, 1.54) is 11.3 Å². The van der Waals surface area contributed by atoms with Crippen LogP contribution in [-0.4, -0.2) is 60.1 Å². The second-order valence-electron chi connectivity index (χ2n) is 6.64. The van der Waals surface area contributed by atoms with E-state index in [1.807, 2.05) is 13.8 Å². The number of amides is 2. The third-order valence-electron chi connectivity index (χ3n) is 5.02. The van der Waals surface area contributed by atoms with Crippen molar-refractivity contribution in [3.8, 4) is 0 Å². The van der Waals surface area contributed by atoms with E-state index < -0.39 is 10.0 Å². The van der Waals surface area contributed by atoms with E-state index in [2.05, 4.69) is 10.3 Å². The Labute approximate surface area is 153 Å². The van der Waals surface area contributed by atoms with Crippen LogP contribution in [0, 0.1) is 6.92 Å². The summed E-state index contributed by atoms with van der Waals surface area (Å²) in [5.41, 5.74) is 1.01. The van der Waals surface area contributed by atoms with Crippen molar-refractivity contribution in [2.24, 2.45) is 0 Å². The molecule has 1 aromatic rings. The molecule has 140 valence electrons. The van der Waals surface area contributed by atoms with Gasteiger partial charge in [0.2, 0.25) is 10.0 Å². The molecule has 2 amide bonds. The number of sulfonamides is 1. The molecule has 1 N–H and O–H groups in total. The molecule has 2 saturated heterocycles. The van der Waals surface area contributed by atoms with Crippen LogP contribution in [0.1, 0.15) is 43.2 Å². The lowest BCUT2D eigenvalue weighted by Gasteiger charge is -2.33. The average Bonchev–Trinajstić information content (AvgIpc) is 3.25. The number of carbonyl (C=O) groups excluding carboxylic acids is 1. The standard InChI is InChI=1S/C16H26N4O3S2/c1-3-14-12(2)24-15(17-14)18-16(21)19-10-6-13(7-11-19)25(22,23)20-8-4-5-9-20/h13H,3-11H2,1-2H3,(H,17,18,21). The van der Waals surface area contributed by atoms with Gasteiger partial charge in [-0.2, -0.15) is 0 Å². The van der Waals surface area contributed by atoms with Crippen molar-refractivity contribution in [3.05, 3.63) is 10.6 Å². The van der Waals surface area contributed by atoms with E-state index >= 15 is 0 Å². The van der Waals surface area contributed by atoms with Crippen LogP contribution in [0.25, 0.3) is 0 Å². The number of piperidine rings is 1. The average molecular weight is 387 g/mol. The minimum Gasteiger partial charge on any atom is -0.324 e.